The van der Waals surface area contributed by atoms with Gasteiger partial charge in [-0.25, -0.2) is 4.98 Å². The van der Waals surface area contributed by atoms with Crippen molar-refractivity contribution in [2.75, 3.05) is 11.9 Å². The van der Waals surface area contributed by atoms with Crippen molar-refractivity contribution in [2.45, 2.75) is 46.3 Å². The van der Waals surface area contributed by atoms with E-state index >= 15 is 0 Å². The molecule has 0 unspecified atom stereocenters. The highest BCUT2D eigenvalue weighted by Crippen LogP contribution is 2.24. The normalized spacial score (nSPS) is 11.6. The van der Waals surface area contributed by atoms with Crippen molar-refractivity contribution in [3.05, 3.63) is 23.4 Å². The highest BCUT2D eigenvalue weighted by Gasteiger charge is 2.22. The number of anilines is 1. The minimum atomic E-state index is 0.0662. The molecule has 0 aliphatic rings. The monoisotopic (exact) mass is 222 g/mol. The van der Waals surface area contributed by atoms with Gasteiger partial charge in [-0.2, -0.15) is 0 Å². The number of nitrogens with zero attached hydrogens (tertiary/aromatic N) is 2. The Morgan fingerprint density at radius 1 is 1.38 bits per heavy atom. The van der Waals surface area contributed by atoms with E-state index in [2.05, 4.69) is 30.7 Å². The molecule has 1 rings (SSSR count). The highest BCUT2D eigenvalue weighted by atomic mass is 16.3. The molecule has 16 heavy (non-hydrogen) atoms. The molecule has 0 aliphatic carbocycles. The average molecular weight is 222 g/mol. The maximum atomic E-state index is 9.18. The average Bonchev–Trinajstić information content (AvgIpc) is 2.27. The smallest absolute Gasteiger partial charge is 0.129 e. The molecule has 0 radical (unpaired) electrons. The van der Waals surface area contributed by atoms with Crippen LogP contribution >= 0.6 is 0 Å². The van der Waals surface area contributed by atoms with Crippen LogP contribution in [0, 0.1) is 6.92 Å². The molecular formula is C13H22N2O. The van der Waals surface area contributed by atoms with Crippen LogP contribution in [0.25, 0.3) is 0 Å². The summed E-state index contributed by atoms with van der Waals surface area (Å²) in [5, 5.41) is 9.18. The molecule has 0 aromatic carbocycles. The van der Waals surface area contributed by atoms with Gasteiger partial charge < -0.3 is 10.0 Å². The number of aryl methyl sites for hydroxylation is 1. The molecule has 1 N–H and O–H groups in total. The molecule has 0 bridgehead atoms. The van der Waals surface area contributed by atoms with Crippen LogP contribution in [0.2, 0.25) is 0 Å². The summed E-state index contributed by atoms with van der Waals surface area (Å²) < 4.78 is 0. The topological polar surface area (TPSA) is 36.4 Å². The Kier molecular flexibility index (Phi) is 3.92. The number of hydrogen-bond donors (Lipinski definition) is 1. The van der Waals surface area contributed by atoms with Crippen molar-refractivity contribution < 1.29 is 5.11 Å². The number of aromatic nitrogens is 1. The largest absolute Gasteiger partial charge is 0.392 e. The number of hydrogen-bond acceptors (Lipinski definition) is 3. The van der Waals surface area contributed by atoms with Crippen molar-refractivity contribution in [2.24, 2.45) is 0 Å². The van der Waals surface area contributed by atoms with Gasteiger partial charge in [0.05, 0.1) is 6.61 Å². The maximum absolute atomic E-state index is 9.18. The molecular weight excluding hydrogens is 200 g/mol. The first-order valence-electron chi connectivity index (χ1n) is 5.73. The third-order valence-corrected chi connectivity index (χ3v) is 3.30. The first-order valence-corrected chi connectivity index (χ1v) is 5.73. The first kappa shape index (κ1) is 13.0. The third-order valence-electron chi connectivity index (χ3n) is 3.30. The van der Waals surface area contributed by atoms with Crippen LogP contribution in [0.15, 0.2) is 12.1 Å². The molecule has 3 heteroatoms. The van der Waals surface area contributed by atoms with Crippen LogP contribution in [-0.2, 0) is 6.61 Å². The van der Waals surface area contributed by atoms with Gasteiger partial charge >= 0.3 is 0 Å². The van der Waals surface area contributed by atoms with Crippen molar-refractivity contribution >= 4 is 5.82 Å². The first-order chi connectivity index (χ1) is 7.40. The van der Waals surface area contributed by atoms with E-state index in [4.69, 9.17) is 0 Å². The summed E-state index contributed by atoms with van der Waals surface area (Å²) in [4.78, 5) is 6.68. The molecule has 0 aliphatic heterocycles. The summed E-state index contributed by atoms with van der Waals surface area (Å²) >= 11 is 0. The quantitative estimate of drug-likeness (QED) is 0.850. The van der Waals surface area contributed by atoms with E-state index in [1.165, 1.54) is 0 Å². The Morgan fingerprint density at radius 3 is 2.50 bits per heavy atom. The minimum Gasteiger partial charge on any atom is -0.392 e. The van der Waals surface area contributed by atoms with Gasteiger partial charge in [-0.3, -0.25) is 0 Å². The van der Waals surface area contributed by atoms with Gasteiger partial charge in [-0.15, -0.1) is 0 Å². The molecule has 0 atom stereocenters. The van der Waals surface area contributed by atoms with Crippen LogP contribution in [0.4, 0.5) is 5.82 Å². The summed E-state index contributed by atoms with van der Waals surface area (Å²) in [6.07, 6.45) is 1.05. The number of rotatable bonds is 4. The molecule has 0 saturated heterocycles. The molecule has 0 saturated carbocycles. The standard InChI is InChI=1S/C13H22N2O/c1-6-13(3,4)15(5)12-8-11(9-16)7-10(2)14-12/h7-8,16H,6,9H2,1-5H3. The second-order valence-corrected chi connectivity index (χ2v) is 4.86. The minimum absolute atomic E-state index is 0.0662. The van der Waals surface area contributed by atoms with Crippen LogP contribution in [-0.4, -0.2) is 22.7 Å². The van der Waals surface area contributed by atoms with Gasteiger partial charge in [0.2, 0.25) is 0 Å². The second-order valence-electron chi connectivity index (χ2n) is 4.86. The highest BCUT2D eigenvalue weighted by molar-refractivity contribution is 5.44. The predicted molar refractivity (Wildman–Crippen MR) is 67.7 cm³/mol. The van der Waals surface area contributed by atoms with Crippen molar-refractivity contribution in [1.29, 1.82) is 0 Å². The van der Waals surface area contributed by atoms with Gasteiger partial charge in [0.1, 0.15) is 5.82 Å². The van der Waals surface area contributed by atoms with Gasteiger partial charge in [0, 0.05) is 18.3 Å². The number of aliphatic hydroxyl groups is 1. The second kappa shape index (κ2) is 4.83. The van der Waals surface area contributed by atoms with Gasteiger partial charge in [0.15, 0.2) is 0 Å². The van der Waals surface area contributed by atoms with Crippen molar-refractivity contribution in [3.8, 4) is 0 Å². The molecule has 3 nitrogen and oxygen atoms in total. The van der Waals surface area contributed by atoms with E-state index in [9.17, 15) is 5.11 Å². The lowest BCUT2D eigenvalue weighted by Crippen LogP contribution is -2.41. The lowest BCUT2D eigenvalue weighted by Gasteiger charge is -2.36. The van der Waals surface area contributed by atoms with E-state index in [-0.39, 0.29) is 12.1 Å². The summed E-state index contributed by atoms with van der Waals surface area (Å²) in [6, 6.07) is 3.86. The summed E-state index contributed by atoms with van der Waals surface area (Å²) in [5.41, 5.74) is 1.94. The van der Waals surface area contributed by atoms with E-state index in [0.717, 1.165) is 23.5 Å². The number of pyridine rings is 1. The van der Waals surface area contributed by atoms with Crippen molar-refractivity contribution in [1.82, 2.24) is 4.98 Å². The van der Waals surface area contributed by atoms with E-state index < -0.39 is 0 Å². The Bertz CT molecular complexity index is 361. The lowest BCUT2D eigenvalue weighted by atomic mass is 10.00. The zero-order valence-electron chi connectivity index (χ0n) is 10.9. The summed E-state index contributed by atoms with van der Waals surface area (Å²) in [7, 11) is 2.05. The third kappa shape index (κ3) is 2.73. The number of aliphatic hydroxyl groups excluding tert-OH is 1. The van der Waals surface area contributed by atoms with Crippen molar-refractivity contribution in [3.63, 3.8) is 0 Å². The van der Waals surface area contributed by atoms with Crippen LogP contribution in [0.5, 0.6) is 0 Å². The Labute approximate surface area is 98.1 Å². The van der Waals surface area contributed by atoms with Crippen LogP contribution in [0.3, 0.4) is 0 Å². The maximum Gasteiger partial charge on any atom is 0.129 e. The Hall–Kier alpha value is -1.09. The molecule has 0 spiro atoms. The summed E-state index contributed by atoms with van der Waals surface area (Å²) in [6.45, 7) is 8.57. The van der Waals surface area contributed by atoms with Gasteiger partial charge in [-0.05, 0) is 44.9 Å². The SMILES string of the molecule is CCC(C)(C)N(C)c1cc(CO)cc(C)n1. The Morgan fingerprint density at radius 2 is 2.00 bits per heavy atom. The molecule has 90 valence electrons. The van der Waals surface area contributed by atoms with Gasteiger partial charge in [0.25, 0.3) is 0 Å². The van der Waals surface area contributed by atoms with Gasteiger partial charge in [-0.1, -0.05) is 6.92 Å². The molecule has 1 aromatic heterocycles. The van der Waals surface area contributed by atoms with E-state index in [0.29, 0.717) is 0 Å². The predicted octanol–water partition coefficient (Wildman–Crippen LogP) is 2.51. The zero-order chi connectivity index (χ0) is 12.3. The molecule has 0 amide bonds. The Balaban J connectivity index is 3.08. The summed E-state index contributed by atoms with van der Waals surface area (Å²) in [5.74, 6) is 0.927. The van der Waals surface area contributed by atoms with E-state index in [1.54, 1.807) is 0 Å². The molecule has 1 aromatic rings. The zero-order valence-corrected chi connectivity index (χ0v) is 10.9. The fourth-order valence-corrected chi connectivity index (χ4v) is 1.53. The van der Waals surface area contributed by atoms with E-state index in [1.807, 2.05) is 26.1 Å². The molecule has 1 heterocycles. The van der Waals surface area contributed by atoms with Crippen LogP contribution < -0.4 is 4.90 Å². The van der Waals surface area contributed by atoms with Crippen LogP contribution in [0.1, 0.15) is 38.4 Å². The lowest BCUT2D eigenvalue weighted by molar-refractivity contribution is 0.281. The molecule has 0 fully saturated rings. The fraction of sp³-hybridized carbons (Fsp3) is 0.615. The fourth-order valence-electron chi connectivity index (χ4n) is 1.53.